The molecule has 13 heteroatoms. The van der Waals surface area contributed by atoms with Crippen molar-refractivity contribution in [2.45, 2.75) is 37.8 Å². The smallest absolute Gasteiger partial charge is 0.379 e. The van der Waals surface area contributed by atoms with Crippen molar-refractivity contribution in [1.29, 1.82) is 0 Å². The number of anilines is 3. The number of hydrogen-bond donors (Lipinski definition) is 2. The van der Waals surface area contributed by atoms with Crippen molar-refractivity contribution in [3.8, 4) is 0 Å². The predicted molar refractivity (Wildman–Crippen MR) is 127 cm³/mol. The third-order valence-electron chi connectivity index (χ3n) is 6.14. The number of nitrogens with zero attached hydrogens (tertiary/aromatic N) is 5. The van der Waals surface area contributed by atoms with E-state index in [1.54, 1.807) is 11.1 Å². The zero-order valence-electron chi connectivity index (χ0n) is 19.6. The first kappa shape index (κ1) is 25.6. The Morgan fingerprint density at radius 2 is 1.97 bits per heavy atom. The monoisotopic (exact) mass is 513 g/mol. The Balaban J connectivity index is 1.38. The number of carbonyl (C=O) groups excluding carboxylic acids is 1. The SMILES string of the molecule is CN1CCC(c2ncc(Nc3ncc(C(F)(F)F)c(NCCCN4CCOCCC4=O)n3)s2)CC1. The summed E-state index contributed by atoms with van der Waals surface area (Å²) in [6, 6.07) is 0. The largest absolute Gasteiger partial charge is 0.421 e. The van der Waals surface area contributed by atoms with Crippen LogP contribution in [0.2, 0.25) is 0 Å². The first-order chi connectivity index (χ1) is 16.8. The molecular weight excluding hydrogens is 483 g/mol. The van der Waals surface area contributed by atoms with Crippen LogP contribution >= 0.6 is 11.3 Å². The van der Waals surface area contributed by atoms with Gasteiger partial charge >= 0.3 is 6.18 Å². The quantitative estimate of drug-likeness (QED) is 0.518. The van der Waals surface area contributed by atoms with Gasteiger partial charge in [0.15, 0.2) is 0 Å². The Bertz CT molecular complexity index is 996. The molecule has 0 atom stereocenters. The zero-order chi connectivity index (χ0) is 24.8. The summed E-state index contributed by atoms with van der Waals surface area (Å²) < 4.78 is 45.9. The molecule has 4 heterocycles. The van der Waals surface area contributed by atoms with Gasteiger partial charge in [-0.15, -0.1) is 11.3 Å². The zero-order valence-corrected chi connectivity index (χ0v) is 20.4. The fourth-order valence-corrected chi connectivity index (χ4v) is 5.10. The van der Waals surface area contributed by atoms with Gasteiger partial charge in [-0.3, -0.25) is 4.79 Å². The number of hydrogen-bond acceptors (Lipinski definition) is 9. The number of thiazole rings is 1. The van der Waals surface area contributed by atoms with Gasteiger partial charge in [0.05, 0.1) is 30.8 Å². The van der Waals surface area contributed by atoms with E-state index in [1.807, 2.05) is 0 Å². The summed E-state index contributed by atoms with van der Waals surface area (Å²) >= 11 is 1.48. The van der Waals surface area contributed by atoms with E-state index in [9.17, 15) is 18.0 Å². The molecule has 0 unspecified atom stereocenters. The Morgan fingerprint density at radius 3 is 2.74 bits per heavy atom. The van der Waals surface area contributed by atoms with E-state index in [0.29, 0.717) is 50.1 Å². The van der Waals surface area contributed by atoms with Gasteiger partial charge < -0.3 is 25.2 Å². The lowest BCUT2D eigenvalue weighted by Gasteiger charge is -2.27. The molecule has 9 nitrogen and oxygen atoms in total. The molecule has 2 fully saturated rings. The highest BCUT2D eigenvalue weighted by atomic mass is 32.1. The van der Waals surface area contributed by atoms with E-state index in [4.69, 9.17) is 4.74 Å². The molecule has 2 N–H and O–H groups in total. The van der Waals surface area contributed by atoms with Gasteiger partial charge in [-0.1, -0.05) is 0 Å². The molecule has 2 aliphatic heterocycles. The number of piperidine rings is 1. The summed E-state index contributed by atoms with van der Waals surface area (Å²) in [5.41, 5.74) is -0.932. The van der Waals surface area contributed by atoms with E-state index in [1.165, 1.54) is 11.3 Å². The molecule has 4 rings (SSSR count). The number of nitrogens with one attached hydrogen (secondary N) is 2. The third-order valence-corrected chi connectivity index (χ3v) is 7.21. The van der Waals surface area contributed by atoms with Crippen molar-refractivity contribution < 1.29 is 22.7 Å². The van der Waals surface area contributed by atoms with Crippen molar-refractivity contribution in [1.82, 2.24) is 24.8 Å². The minimum Gasteiger partial charge on any atom is -0.379 e. The maximum Gasteiger partial charge on any atom is 0.421 e. The standard InChI is InChI=1S/C22H30F3N7O2S/c1-31-8-3-15(4-9-31)20-27-14-17(35-20)29-21-28-13-16(22(23,24)25)19(30-21)26-6-2-7-32-10-12-34-11-5-18(32)33/h13-15H,2-12H2,1H3,(H2,26,28,29,30). The van der Waals surface area contributed by atoms with Crippen molar-refractivity contribution in [2.24, 2.45) is 0 Å². The third kappa shape index (κ3) is 7.01. The van der Waals surface area contributed by atoms with Crippen LogP contribution in [0.25, 0.3) is 0 Å². The van der Waals surface area contributed by atoms with Gasteiger partial charge in [0, 0.05) is 31.7 Å². The van der Waals surface area contributed by atoms with Gasteiger partial charge in [-0.2, -0.15) is 18.2 Å². The Labute approximate surface area is 206 Å². The van der Waals surface area contributed by atoms with Gasteiger partial charge in [0.2, 0.25) is 11.9 Å². The van der Waals surface area contributed by atoms with Crippen molar-refractivity contribution in [2.75, 3.05) is 63.6 Å². The summed E-state index contributed by atoms with van der Waals surface area (Å²) in [5, 5.41) is 7.48. The molecule has 35 heavy (non-hydrogen) atoms. The molecule has 0 spiro atoms. The highest BCUT2D eigenvalue weighted by molar-refractivity contribution is 7.15. The molecule has 2 aromatic heterocycles. The number of ether oxygens (including phenoxy) is 1. The van der Waals surface area contributed by atoms with Crippen molar-refractivity contribution >= 4 is 34.0 Å². The first-order valence-corrected chi connectivity index (χ1v) is 12.6. The number of likely N-dealkylation sites (tertiary alicyclic amines) is 1. The van der Waals surface area contributed by atoms with Crippen LogP contribution in [0.1, 0.15) is 42.2 Å². The molecule has 1 amide bonds. The highest BCUT2D eigenvalue weighted by Gasteiger charge is 2.35. The lowest BCUT2D eigenvalue weighted by atomic mass is 9.98. The second kappa shape index (κ2) is 11.5. The van der Waals surface area contributed by atoms with E-state index >= 15 is 0 Å². The summed E-state index contributed by atoms with van der Waals surface area (Å²) in [6.07, 6.45) is 0.730. The van der Waals surface area contributed by atoms with Gasteiger partial charge in [-0.25, -0.2) is 9.97 Å². The first-order valence-electron chi connectivity index (χ1n) is 11.7. The van der Waals surface area contributed by atoms with Gasteiger partial charge in [0.1, 0.15) is 16.4 Å². The van der Waals surface area contributed by atoms with E-state index in [-0.39, 0.29) is 24.2 Å². The molecule has 0 aliphatic carbocycles. The van der Waals surface area contributed by atoms with Crippen LogP contribution in [0.15, 0.2) is 12.4 Å². The Kier molecular flexibility index (Phi) is 8.39. The van der Waals surface area contributed by atoms with Crippen LogP contribution in [0, 0.1) is 0 Å². The number of aromatic nitrogens is 3. The van der Waals surface area contributed by atoms with Crippen molar-refractivity contribution in [3.63, 3.8) is 0 Å². The van der Waals surface area contributed by atoms with Crippen LogP contribution in [0.5, 0.6) is 0 Å². The topological polar surface area (TPSA) is 95.5 Å². The maximum absolute atomic E-state index is 13.5. The number of halogens is 3. The average Bonchev–Trinajstić information content (AvgIpc) is 3.18. The molecule has 192 valence electrons. The number of rotatable bonds is 8. The molecule has 2 aromatic rings. The fourth-order valence-electron chi connectivity index (χ4n) is 4.12. The number of amides is 1. The molecular formula is C22H30F3N7O2S. The number of alkyl halides is 3. The molecule has 0 saturated carbocycles. The molecule has 0 aromatic carbocycles. The second-order valence-electron chi connectivity index (χ2n) is 8.74. The summed E-state index contributed by atoms with van der Waals surface area (Å²) in [4.78, 5) is 28.5. The average molecular weight is 514 g/mol. The minimum absolute atomic E-state index is 0.00354. The van der Waals surface area contributed by atoms with Crippen LogP contribution in [-0.2, 0) is 15.7 Å². The lowest BCUT2D eigenvalue weighted by molar-refractivity contribution is -0.137. The van der Waals surface area contributed by atoms with Crippen LogP contribution in [-0.4, -0.2) is 83.6 Å². The molecule has 0 radical (unpaired) electrons. The van der Waals surface area contributed by atoms with Gasteiger partial charge in [-0.05, 0) is 39.4 Å². The fraction of sp³-hybridized carbons (Fsp3) is 0.636. The van der Waals surface area contributed by atoms with Crippen LogP contribution < -0.4 is 10.6 Å². The van der Waals surface area contributed by atoms with Crippen LogP contribution in [0.4, 0.5) is 29.9 Å². The maximum atomic E-state index is 13.5. The van der Waals surface area contributed by atoms with Crippen molar-refractivity contribution in [3.05, 3.63) is 23.0 Å². The Hall–Kier alpha value is -2.51. The van der Waals surface area contributed by atoms with E-state index < -0.39 is 11.7 Å². The minimum atomic E-state index is -4.59. The van der Waals surface area contributed by atoms with Crippen LogP contribution in [0.3, 0.4) is 0 Å². The summed E-state index contributed by atoms with van der Waals surface area (Å²) in [5.74, 6) is 0.163. The lowest BCUT2D eigenvalue weighted by Crippen LogP contribution is -2.33. The Morgan fingerprint density at radius 1 is 1.17 bits per heavy atom. The van der Waals surface area contributed by atoms with E-state index in [0.717, 1.165) is 37.1 Å². The molecule has 2 aliphatic rings. The van der Waals surface area contributed by atoms with Gasteiger partial charge in [0.25, 0.3) is 0 Å². The second-order valence-corrected chi connectivity index (χ2v) is 9.80. The summed E-state index contributed by atoms with van der Waals surface area (Å²) in [7, 11) is 2.10. The summed E-state index contributed by atoms with van der Waals surface area (Å²) in [6.45, 7) is 4.06. The highest BCUT2D eigenvalue weighted by Crippen LogP contribution is 2.36. The predicted octanol–water partition coefficient (Wildman–Crippen LogP) is 3.56. The molecule has 0 bridgehead atoms. The molecule has 2 saturated heterocycles. The van der Waals surface area contributed by atoms with E-state index in [2.05, 4.69) is 37.5 Å². The normalized spacial score (nSPS) is 18.5. The number of carbonyl (C=O) groups is 1.